The Kier molecular flexibility index (Phi) is 8.64. The standard InChI is InChI=1S/C25H25Cl3N4O2/c1-25(2,3)30-24(33)22-19(5-4-13-34-14-12-29)23(16-6-8-17(26)9-7-16)32(31-22)21-11-10-18(27)15-20(21)28/h6-11,15H,12-14,29H2,1-3H3,(H,30,33). The van der Waals surface area contributed by atoms with Crippen molar-refractivity contribution in [3.63, 3.8) is 0 Å². The van der Waals surface area contributed by atoms with Gasteiger partial charge in [-0.2, -0.15) is 5.10 Å². The van der Waals surface area contributed by atoms with E-state index < -0.39 is 5.54 Å². The lowest BCUT2D eigenvalue weighted by Gasteiger charge is -2.19. The van der Waals surface area contributed by atoms with Crippen molar-refractivity contribution in [2.75, 3.05) is 19.8 Å². The Bertz CT molecular complexity index is 1240. The van der Waals surface area contributed by atoms with Crippen LogP contribution in [0, 0.1) is 11.8 Å². The maximum atomic E-state index is 13.3. The molecule has 0 aliphatic heterocycles. The zero-order valence-electron chi connectivity index (χ0n) is 19.1. The number of hydrogen-bond acceptors (Lipinski definition) is 4. The molecule has 0 aliphatic carbocycles. The maximum Gasteiger partial charge on any atom is 0.273 e. The van der Waals surface area contributed by atoms with Gasteiger partial charge in [-0.15, -0.1) is 0 Å². The van der Waals surface area contributed by atoms with Gasteiger partial charge >= 0.3 is 0 Å². The number of carbonyl (C=O) groups excluding carboxylic acids is 1. The highest BCUT2D eigenvalue weighted by atomic mass is 35.5. The highest BCUT2D eigenvalue weighted by Gasteiger charge is 2.27. The van der Waals surface area contributed by atoms with Gasteiger partial charge in [0.15, 0.2) is 5.69 Å². The van der Waals surface area contributed by atoms with Gasteiger partial charge in [0, 0.05) is 27.7 Å². The van der Waals surface area contributed by atoms with Crippen LogP contribution in [0.25, 0.3) is 16.9 Å². The van der Waals surface area contributed by atoms with Gasteiger partial charge in [0.25, 0.3) is 5.91 Å². The molecule has 3 rings (SSSR count). The third-order valence-electron chi connectivity index (χ3n) is 4.49. The number of amides is 1. The molecule has 0 atom stereocenters. The van der Waals surface area contributed by atoms with E-state index in [-0.39, 0.29) is 18.2 Å². The fourth-order valence-electron chi connectivity index (χ4n) is 3.13. The van der Waals surface area contributed by atoms with Crippen LogP contribution in [0.4, 0.5) is 0 Å². The summed E-state index contributed by atoms with van der Waals surface area (Å²) in [5.74, 6) is 5.68. The fraction of sp³-hybridized carbons (Fsp3) is 0.280. The third kappa shape index (κ3) is 6.53. The summed E-state index contributed by atoms with van der Waals surface area (Å²) in [6.45, 7) is 6.61. The predicted octanol–water partition coefficient (Wildman–Crippen LogP) is 5.35. The largest absolute Gasteiger partial charge is 0.367 e. The van der Waals surface area contributed by atoms with Crippen molar-refractivity contribution >= 4 is 40.7 Å². The SMILES string of the molecule is CC(C)(C)NC(=O)c1nn(-c2ccc(Cl)cc2Cl)c(-c2ccc(Cl)cc2)c1C#CCOCCN. The quantitative estimate of drug-likeness (QED) is 0.339. The summed E-state index contributed by atoms with van der Waals surface area (Å²) in [4.78, 5) is 13.3. The Morgan fingerprint density at radius 1 is 1.12 bits per heavy atom. The first-order valence-electron chi connectivity index (χ1n) is 10.5. The Morgan fingerprint density at radius 3 is 2.41 bits per heavy atom. The van der Waals surface area contributed by atoms with Gasteiger partial charge in [0.2, 0.25) is 0 Å². The lowest BCUT2D eigenvalue weighted by Crippen LogP contribution is -2.41. The van der Waals surface area contributed by atoms with Crippen LogP contribution in [0.1, 0.15) is 36.8 Å². The van der Waals surface area contributed by atoms with Crippen molar-refractivity contribution in [3.8, 4) is 28.8 Å². The first-order chi connectivity index (χ1) is 16.1. The molecule has 0 fully saturated rings. The van der Waals surface area contributed by atoms with Crippen LogP contribution in [-0.4, -0.2) is 41.0 Å². The predicted molar refractivity (Wildman–Crippen MR) is 138 cm³/mol. The van der Waals surface area contributed by atoms with E-state index in [0.717, 1.165) is 5.56 Å². The zero-order valence-corrected chi connectivity index (χ0v) is 21.4. The van der Waals surface area contributed by atoms with E-state index in [0.29, 0.717) is 45.2 Å². The second-order valence-electron chi connectivity index (χ2n) is 8.43. The van der Waals surface area contributed by atoms with Crippen LogP contribution in [0.5, 0.6) is 0 Å². The molecule has 2 aromatic carbocycles. The number of aromatic nitrogens is 2. The second kappa shape index (κ2) is 11.3. The molecule has 178 valence electrons. The molecule has 0 saturated heterocycles. The summed E-state index contributed by atoms with van der Waals surface area (Å²) in [5.41, 5.74) is 7.49. The summed E-state index contributed by atoms with van der Waals surface area (Å²) in [6.07, 6.45) is 0. The number of nitrogens with zero attached hydrogens (tertiary/aromatic N) is 2. The van der Waals surface area contributed by atoms with Gasteiger partial charge in [0.1, 0.15) is 6.61 Å². The summed E-state index contributed by atoms with van der Waals surface area (Å²) in [6, 6.07) is 12.2. The molecule has 1 heterocycles. The Morgan fingerprint density at radius 2 is 1.79 bits per heavy atom. The summed E-state index contributed by atoms with van der Waals surface area (Å²) < 4.78 is 6.99. The van der Waals surface area contributed by atoms with Crippen LogP contribution < -0.4 is 11.1 Å². The van der Waals surface area contributed by atoms with Crippen molar-refractivity contribution in [2.24, 2.45) is 5.73 Å². The molecule has 0 saturated carbocycles. The monoisotopic (exact) mass is 518 g/mol. The van der Waals surface area contributed by atoms with Crippen molar-refractivity contribution in [1.29, 1.82) is 0 Å². The van der Waals surface area contributed by atoms with Crippen molar-refractivity contribution < 1.29 is 9.53 Å². The molecule has 0 radical (unpaired) electrons. The fourth-order valence-corrected chi connectivity index (χ4v) is 3.74. The number of halogens is 3. The lowest BCUT2D eigenvalue weighted by molar-refractivity contribution is 0.0913. The van der Waals surface area contributed by atoms with E-state index in [1.807, 2.05) is 32.9 Å². The Labute approximate surface area is 214 Å². The van der Waals surface area contributed by atoms with Gasteiger partial charge in [-0.3, -0.25) is 4.79 Å². The van der Waals surface area contributed by atoms with Gasteiger partial charge in [-0.1, -0.05) is 58.8 Å². The van der Waals surface area contributed by atoms with E-state index in [4.69, 9.17) is 45.3 Å². The highest BCUT2D eigenvalue weighted by Crippen LogP contribution is 2.33. The van der Waals surface area contributed by atoms with Crippen LogP contribution in [0.3, 0.4) is 0 Å². The number of benzene rings is 2. The molecule has 6 nitrogen and oxygen atoms in total. The third-order valence-corrected chi connectivity index (χ3v) is 5.28. The minimum absolute atomic E-state index is 0.157. The average Bonchev–Trinajstić information content (AvgIpc) is 3.12. The van der Waals surface area contributed by atoms with E-state index in [2.05, 4.69) is 22.3 Å². The molecule has 0 aliphatic rings. The minimum atomic E-state index is -0.478. The summed E-state index contributed by atoms with van der Waals surface area (Å²) >= 11 is 18.8. The van der Waals surface area contributed by atoms with Crippen LogP contribution >= 0.6 is 34.8 Å². The van der Waals surface area contributed by atoms with Gasteiger partial charge in [-0.05, 0) is 51.1 Å². The minimum Gasteiger partial charge on any atom is -0.367 e. The van der Waals surface area contributed by atoms with Gasteiger partial charge in [-0.25, -0.2) is 4.68 Å². The molecule has 1 amide bonds. The van der Waals surface area contributed by atoms with Gasteiger partial charge in [0.05, 0.1) is 28.6 Å². The molecule has 9 heteroatoms. The van der Waals surface area contributed by atoms with E-state index in [9.17, 15) is 4.79 Å². The number of carbonyl (C=O) groups is 1. The number of rotatable bonds is 6. The Balaban J connectivity index is 2.28. The van der Waals surface area contributed by atoms with Crippen LogP contribution in [0.2, 0.25) is 15.1 Å². The smallest absolute Gasteiger partial charge is 0.273 e. The molecule has 1 aromatic heterocycles. The van der Waals surface area contributed by atoms with E-state index >= 15 is 0 Å². The molecular weight excluding hydrogens is 495 g/mol. The number of ether oxygens (including phenoxy) is 1. The number of nitrogens with one attached hydrogen (secondary N) is 1. The Hall–Kier alpha value is -2.53. The summed E-state index contributed by atoms with van der Waals surface area (Å²) in [7, 11) is 0. The first kappa shape index (κ1) is 26.1. The van der Waals surface area contributed by atoms with Crippen molar-refractivity contribution in [2.45, 2.75) is 26.3 Å². The van der Waals surface area contributed by atoms with Crippen molar-refractivity contribution in [1.82, 2.24) is 15.1 Å². The van der Waals surface area contributed by atoms with Crippen LogP contribution in [0.15, 0.2) is 42.5 Å². The van der Waals surface area contributed by atoms with Gasteiger partial charge < -0.3 is 15.8 Å². The molecule has 3 aromatic rings. The normalized spacial score (nSPS) is 11.1. The first-order valence-corrected chi connectivity index (χ1v) is 11.7. The average molecular weight is 520 g/mol. The molecule has 3 N–H and O–H groups in total. The lowest BCUT2D eigenvalue weighted by atomic mass is 10.0. The molecular formula is C25H25Cl3N4O2. The summed E-state index contributed by atoms with van der Waals surface area (Å²) in [5, 5.41) is 9.04. The zero-order chi connectivity index (χ0) is 24.9. The molecule has 0 unspecified atom stereocenters. The van der Waals surface area contributed by atoms with Crippen LogP contribution in [-0.2, 0) is 4.74 Å². The topological polar surface area (TPSA) is 82.2 Å². The molecule has 0 bridgehead atoms. The highest BCUT2D eigenvalue weighted by molar-refractivity contribution is 6.35. The molecule has 0 spiro atoms. The number of hydrogen-bond donors (Lipinski definition) is 2. The second-order valence-corrected chi connectivity index (χ2v) is 9.71. The van der Waals surface area contributed by atoms with Crippen molar-refractivity contribution in [3.05, 3.63) is 68.8 Å². The van der Waals surface area contributed by atoms with E-state index in [1.54, 1.807) is 35.0 Å². The maximum absolute atomic E-state index is 13.3. The van der Waals surface area contributed by atoms with E-state index in [1.165, 1.54) is 0 Å². The molecule has 34 heavy (non-hydrogen) atoms. The number of nitrogens with two attached hydrogens (primary N) is 1.